The summed E-state index contributed by atoms with van der Waals surface area (Å²) in [4.78, 5) is 12.3. The van der Waals surface area contributed by atoms with Gasteiger partial charge in [0.05, 0.1) is 25.4 Å². The van der Waals surface area contributed by atoms with Crippen LogP contribution in [0.3, 0.4) is 0 Å². The zero-order valence-electron chi connectivity index (χ0n) is 16.4. The van der Waals surface area contributed by atoms with Gasteiger partial charge in [-0.1, -0.05) is 6.92 Å². The average Bonchev–Trinajstić information content (AvgIpc) is 3.10. The van der Waals surface area contributed by atoms with E-state index in [9.17, 15) is 21.6 Å². The first-order valence-corrected chi connectivity index (χ1v) is 12.1. The molecule has 0 saturated carbocycles. The minimum Gasteiger partial charge on any atom is -0.497 e. The van der Waals surface area contributed by atoms with Crippen LogP contribution in [-0.2, 0) is 29.6 Å². The van der Waals surface area contributed by atoms with E-state index in [2.05, 4.69) is 0 Å². The second kappa shape index (κ2) is 8.76. The molecule has 0 spiro atoms. The Morgan fingerprint density at radius 3 is 2.25 bits per heavy atom. The van der Waals surface area contributed by atoms with E-state index in [-0.39, 0.29) is 24.4 Å². The molecule has 11 heteroatoms. The molecule has 9 nitrogen and oxygen atoms in total. The van der Waals surface area contributed by atoms with Gasteiger partial charge in [-0.25, -0.2) is 16.8 Å². The molecule has 1 fully saturated rings. The van der Waals surface area contributed by atoms with Crippen LogP contribution in [0.1, 0.15) is 19.8 Å². The molecule has 1 aromatic carbocycles. The summed E-state index contributed by atoms with van der Waals surface area (Å²) in [5.74, 6) is -0.224. The summed E-state index contributed by atoms with van der Waals surface area (Å²) in [6.45, 7) is 1.95. The third-order valence-corrected chi connectivity index (χ3v) is 7.87. The lowest BCUT2D eigenvalue weighted by Gasteiger charge is -2.26. The number of benzene rings is 1. The molecular weight excluding hydrogens is 408 g/mol. The molecular formula is C17H26N2O7S2. The molecule has 28 heavy (non-hydrogen) atoms. The summed E-state index contributed by atoms with van der Waals surface area (Å²) in [6.07, 6.45) is 1.68. The maximum absolute atomic E-state index is 13.1. The Morgan fingerprint density at radius 1 is 1.18 bits per heavy atom. The Kier molecular flexibility index (Phi) is 7.07. The fourth-order valence-electron chi connectivity index (χ4n) is 3.33. The third kappa shape index (κ3) is 4.65. The SMILES string of the molecule is CCCN([C@H]1C[C@H](C(=O)OC)N(S(=O)(=O)c2ccc(OC)cc2)C1)S(C)(=O)=O. The number of hydrogen-bond acceptors (Lipinski definition) is 7. The molecule has 0 unspecified atom stereocenters. The number of hydrogen-bond donors (Lipinski definition) is 0. The predicted molar refractivity (Wildman–Crippen MR) is 103 cm³/mol. The van der Waals surface area contributed by atoms with Crippen molar-refractivity contribution in [2.75, 3.05) is 33.6 Å². The van der Waals surface area contributed by atoms with Gasteiger partial charge in [-0.3, -0.25) is 4.79 Å². The largest absolute Gasteiger partial charge is 0.497 e. The molecule has 1 heterocycles. The number of sulfonamides is 2. The van der Waals surface area contributed by atoms with Crippen LogP contribution in [0, 0.1) is 0 Å². The highest BCUT2D eigenvalue weighted by Crippen LogP contribution is 2.31. The van der Waals surface area contributed by atoms with Crippen molar-refractivity contribution >= 4 is 26.0 Å². The quantitative estimate of drug-likeness (QED) is 0.553. The van der Waals surface area contributed by atoms with Crippen molar-refractivity contribution < 1.29 is 31.1 Å². The van der Waals surface area contributed by atoms with Crippen molar-refractivity contribution in [3.05, 3.63) is 24.3 Å². The normalized spacial score (nSPS) is 21.0. The smallest absolute Gasteiger partial charge is 0.324 e. The number of carbonyl (C=O) groups is 1. The lowest BCUT2D eigenvalue weighted by Crippen LogP contribution is -2.43. The van der Waals surface area contributed by atoms with Crippen molar-refractivity contribution in [1.82, 2.24) is 8.61 Å². The van der Waals surface area contributed by atoms with Crippen LogP contribution < -0.4 is 4.74 Å². The second-order valence-corrected chi connectivity index (χ2v) is 10.4. The molecule has 0 aromatic heterocycles. The van der Waals surface area contributed by atoms with Crippen LogP contribution >= 0.6 is 0 Å². The van der Waals surface area contributed by atoms with Crippen LogP contribution in [0.5, 0.6) is 5.75 Å². The number of carbonyl (C=O) groups excluding carboxylic acids is 1. The zero-order chi connectivity index (χ0) is 21.1. The van der Waals surface area contributed by atoms with Gasteiger partial charge in [0.25, 0.3) is 0 Å². The molecule has 0 bridgehead atoms. The first-order valence-electron chi connectivity index (χ1n) is 8.76. The van der Waals surface area contributed by atoms with E-state index in [0.29, 0.717) is 12.2 Å². The van der Waals surface area contributed by atoms with Gasteiger partial charge in [-0.05, 0) is 37.1 Å². The van der Waals surface area contributed by atoms with E-state index >= 15 is 0 Å². The first-order chi connectivity index (χ1) is 13.1. The number of nitrogens with zero attached hydrogens (tertiary/aromatic N) is 2. The molecule has 2 atom stereocenters. The van der Waals surface area contributed by atoms with Crippen LogP contribution in [0.4, 0.5) is 0 Å². The van der Waals surface area contributed by atoms with Crippen molar-refractivity contribution in [1.29, 1.82) is 0 Å². The summed E-state index contributed by atoms with van der Waals surface area (Å²) in [7, 11) is -4.96. The number of ether oxygens (including phenoxy) is 2. The fourth-order valence-corrected chi connectivity index (χ4v) is 6.17. The van der Waals surface area contributed by atoms with Crippen molar-refractivity contribution in [2.24, 2.45) is 0 Å². The van der Waals surface area contributed by atoms with Gasteiger partial charge in [0.2, 0.25) is 20.0 Å². The highest BCUT2D eigenvalue weighted by Gasteiger charge is 2.47. The Hall–Kier alpha value is -1.69. The Labute approximate surface area is 166 Å². The van der Waals surface area contributed by atoms with E-state index in [1.807, 2.05) is 6.92 Å². The van der Waals surface area contributed by atoms with Gasteiger partial charge < -0.3 is 9.47 Å². The maximum Gasteiger partial charge on any atom is 0.324 e. The lowest BCUT2D eigenvalue weighted by atomic mass is 10.1. The summed E-state index contributed by atoms with van der Waals surface area (Å²) in [5.41, 5.74) is 0. The topological polar surface area (TPSA) is 110 Å². The lowest BCUT2D eigenvalue weighted by molar-refractivity contribution is -0.144. The first kappa shape index (κ1) is 22.6. The summed E-state index contributed by atoms with van der Waals surface area (Å²) in [6, 6.07) is 4.04. The molecule has 1 aliphatic heterocycles. The van der Waals surface area contributed by atoms with Crippen molar-refractivity contribution in [3.63, 3.8) is 0 Å². The summed E-state index contributed by atoms with van der Waals surface area (Å²) in [5, 5.41) is 0. The number of methoxy groups -OCH3 is 2. The van der Waals surface area contributed by atoms with Crippen molar-refractivity contribution in [2.45, 2.75) is 36.7 Å². The van der Waals surface area contributed by atoms with Gasteiger partial charge >= 0.3 is 5.97 Å². The molecule has 158 valence electrons. The van der Waals surface area contributed by atoms with Gasteiger partial charge in [0.15, 0.2) is 0 Å². The molecule has 2 rings (SSSR count). The van der Waals surface area contributed by atoms with E-state index in [0.717, 1.165) is 10.6 Å². The Morgan fingerprint density at radius 2 is 1.79 bits per heavy atom. The third-order valence-electron chi connectivity index (χ3n) is 4.65. The van der Waals surface area contributed by atoms with Gasteiger partial charge in [0.1, 0.15) is 11.8 Å². The number of rotatable bonds is 8. The minimum atomic E-state index is -4.04. The second-order valence-electron chi connectivity index (χ2n) is 6.55. The fraction of sp³-hybridized carbons (Fsp3) is 0.588. The van der Waals surface area contributed by atoms with Crippen LogP contribution in [0.2, 0.25) is 0 Å². The van der Waals surface area contributed by atoms with Gasteiger partial charge in [0, 0.05) is 19.1 Å². The summed E-state index contributed by atoms with van der Waals surface area (Å²) >= 11 is 0. The van der Waals surface area contributed by atoms with Crippen LogP contribution in [0.25, 0.3) is 0 Å². The van der Waals surface area contributed by atoms with Crippen LogP contribution in [0.15, 0.2) is 29.2 Å². The van der Waals surface area contributed by atoms with Crippen LogP contribution in [-0.4, -0.2) is 77.1 Å². The molecule has 0 amide bonds. The monoisotopic (exact) mass is 434 g/mol. The molecule has 0 aliphatic carbocycles. The highest BCUT2D eigenvalue weighted by atomic mass is 32.2. The zero-order valence-corrected chi connectivity index (χ0v) is 18.0. The van der Waals surface area contributed by atoms with E-state index in [1.54, 1.807) is 0 Å². The van der Waals surface area contributed by atoms with Crippen molar-refractivity contribution in [3.8, 4) is 5.75 Å². The molecule has 1 aliphatic rings. The minimum absolute atomic E-state index is 0.00995. The Balaban J connectivity index is 2.42. The average molecular weight is 435 g/mol. The van der Waals surface area contributed by atoms with Gasteiger partial charge in [-0.15, -0.1) is 0 Å². The Bertz CT molecular complexity index is 898. The maximum atomic E-state index is 13.1. The molecule has 1 aromatic rings. The highest BCUT2D eigenvalue weighted by molar-refractivity contribution is 7.89. The standard InChI is InChI=1S/C17H26N2O7S2/c1-5-10-18(27(4,21)22)13-11-16(17(20)26-3)19(12-13)28(23,24)15-8-6-14(25-2)7-9-15/h6-9,13,16H,5,10-12H2,1-4H3/t13-,16+/m0/s1. The molecule has 0 N–H and O–H groups in total. The molecule has 1 saturated heterocycles. The van der Waals surface area contributed by atoms with Gasteiger partial charge in [-0.2, -0.15) is 8.61 Å². The van der Waals surface area contributed by atoms with E-state index < -0.39 is 38.1 Å². The van der Waals surface area contributed by atoms with E-state index in [4.69, 9.17) is 9.47 Å². The van der Waals surface area contributed by atoms with E-state index in [1.165, 1.54) is 42.8 Å². The number of esters is 1. The summed E-state index contributed by atoms with van der Waals surface area (Å²) < 4.78 is 62.8. The predicted octanol–water partition coefficient (Wildman–Crippen LogP) is 0.671. The molecule has 0 radical (unpaired) electrons.